The molecule has 1 aromatic heterocycles. The van der Waals surface area contributed by atoms with Gasteiger partial charge in [0.15, 0.2) is 0 Å². The molecule has 0 atom stereocenters. The smallest absolute Gasteiger partial charge is 0.327 e. The number of nitrogens with zero attached hydrogens (tertiary/aromatic N) is 2. The lowest BCUT2D eigenvalue weighted by atomic mass is 9.80. The maximum atomic E-state index is 12.4. The molecule has 0 aliphatic heterocycles. The second kappa shape index (κ2) is 6.20. The monoisotopic (exact) mass is 323 g/mol. The number of nitrogens with one attached hydrogen (secondary N) is 1. The van der Waals surface area contributed by atoms with Gasteiger partial charge in [0.1, 0.15) is 11.6 Å². The minimum atomic E-state index is -0.948. The lowest BCUT2D eigenvalue weighted by molar-refractivity contribution is -0.131. The second-order valence-corrected chi connectivity index (χ2v) is 6.01. The lowest BCUT2D eigenvalue weighted by Gasteiger charge is -2.35. The van der Waals surface area contributed by atoms with Gasteiger partial charge in [-0.3, -0.25) is 4.79 Å². The summed E-state index contributed by atoms with van der Waals surface area (Å²) in [5, 5.41) is 22.2. The first-order valence-electron chi connectivity index (χ1n) is 7.70. The molecule has 0 unspecified atom stereocenters. The number of pyridine rings is 1. The number of hydrogen-bond donors (Lipinski definition) is 2. The highest BCUT2D eigenvalue weighted by molar-refractivity contribution is 5.94. The summed E-state index contributed by atoms with van der Waals surface area (Å²) < 4.78 is 1.48. The van der Waals surface area contributed by atoms with Crippen LogP contribution in [-0.4, -0.2) is 21.7 Å². The molecule has 3 rings (SSSR count). The Hall–Kier alpha value is -3.07. The largest absolute Gasteiger partial charge is 0.478 e. The average molecular weight is 323 g/mol. The van der Waals surface area contributed by atoms with E-state index in [2.05, 4.69) is 5.32 Å². The van der Waals surface area contributed by atoms with Crippen LogP contribution in [0.1, 0.15) is 18.4 Å². The standard InChI is InChI=1S/C18H17N3O3/c1-21-15-5-3-2-4-13(15)17(14(10-19)18(21)24)20-12-8-11(9-12)6-7-16(22)23/h2-7,11-12,20H,8-9H2,1H3,(H,22,23)/b7-6+. The number of anilines is 1. The summed E-state index contributed by atoms with van der Waals surface area (Å²) in [6, 6.07) is 9.60. The number of allylic oxidation sites excluding steroid dienone is 1. The molecule has 24 heavy (non-hydrogen) atoms. The zero-order valence-electron chi connectivity index (χ0n) is 13.2. The molecule has 6 heteroatoms. The molecule has 1 aromatic carbocycles. The third-order valence-corrected chi connectivity index (χ3v) is 4.45. The van der Waals surface area contributed by atoms with Crippen LogP contribution in [-0.2, 0) is 11.8 Å². The van der Waals surface area contributed by atoms with Crippen molar-refractivity contribution in [3.63, 3.8) is 0 Å². The van der Waals surface area contributed by atoms with Gasteiger partial charge in [-0.25, -0.2) is 4.79 Å². The maximum Gasteiger partial charge on any atom is 0.327 e. The van der Waals surface area contributed by atoms with E-state index in [9.17, 15) is 14.9 Å². The van der Waals surface area contributed by atoms with Crippen molar-refractivity contribution >= 4 is 22.6 Å². The number of nitriles is 1. The number of benzene rings is 1. The minimum absolute atomic E-state index is 0.112. The Bertz CT molecular complexity index is 931. The predicted molar refractivity (Wildman–Crippen MR) is 90.8 cm³/mol. The molecule has 6 nitrogen and oxygen atoms in total. The zero-order valence-corrected chi connectivity index (χ0v) is 13.2. The Labute approximate surface area is 138 Å². The van der Waals surface area contributed by atoms with Gasteiger partial charge in [0.2, 0.25) is 0 Å². The summed E-state index contributed by atoms with van der Waals surface area (Å²) in [4.78, 5) is 22.9. The fourth-order valence-corrected chi connectivity index (χ4v) is 3.11. The van der Waals surface area contributed by atoms with Crippen LogP contribution in [0.5, 0.6) is 0 Å². The number of carbonyl (C=O) groups is 1. The van der Waals surface area contributed by atoms with Gasteiger partial charge in [-0.2, -0.15) is 5.26 Å². The van der Waals surface area contributed by atoms with E-state index in [0.717, 1.165) is 29.8 Å². The van der Waals surface area contributed by atoms with Crippen LogP contribution in [0.25, 0.3) is 10.9 Å². The summed E-state index contributed by atoms with van der Waals surface area (Å²) in [5.41, 5.74) is 1.13. The van der Waals surface area contributed by atoms with Crippen LogP contribution in [0.4, 0.5) is 5.69 Å². The van der Waals surface area contributed by atoms with Crippen molar-refractivity contribution in [3.05, 3.63) is 52.3 Å². The summed E-state index contributed by atoms with van der Waals surface area (Å²) in [5.74, 6) is -0.738. The van der Waals surface area contributed by atoms with Gasteiger partial charge in [0.25, 0.3) is 5.56 Å². The molecule has 1 saturated carbocycles. The summed E-state index contributed by atoms with van der Waals surface area (Å²) in [6.07, 6.45) is 4.40. The Balaban J connectivity index is 1.91. The van der Waals surface area contributed by atoms with E-state index in [1.54, 1.807) is 13.1 Å². The number of para-hydroxylation sites is 1. The third kappa shape index (κ3) is 2.76. The van der Waals surface area contributed by atoms with Gasteiger partial charge < -0.3 is 15.0 Å². The van der Waals surface area contributed by atoms with E-state index in [0.29, 0.717) is 5.69 Å². The molecular weight excluding hydrogens is 306 g/mol. The number of hydrogen-bond acceptors (Lipinski definition) is 4. The van der Waals surface area contributed by atoms with E-state index in [1.165, 1.54) is 4.57 Å². The fourth-order valence-electron chi connectivity index (χ4n) is 3.11. The van der Waals surface area contributed by atoms with Crippen LogP contribution in [0.15, 0.2) is 41.2 Å². The minimum Gasteiger partial charge on any atom is -0.478 e. The highest BCUT2D eigenvalue weighted by Crippen LogP contribution is 2.34. The van der Waals surface area contributed by atoms with Crippen molar-refractivity contribution in [1.82, 2.24) is 4.57 Å². The van der Waals surface area contributed by atoms with Gasteiger partial charge in [0.05, 0.1) is 11.2 Å². The van der Waals surface area contributed by atoms with E-state index < -0.39 is 5.97 Å². The number of carboxylic acids is 1. The highest BCUT2D eigenvalue weighted by Gasteiger charge is 2.29. The van der Waals surface area contributed by atoms with Gasteiger partial charge in [0, 0.05) is 24.6 Å². The molecule has 1 heterocycles. The Morgan fingerprint density at radius 1 is 1.42 bits per heavy atom. The molecule has 1 aliphatic rings. The molecule has 0 spiro atoms. The van der Waals surface area contributed by atoms with Crippen LogP contribution in [0.3, 0.4) is 0 Å². The number of aliphatic carboxylic acids is 1. The third-order valence-electron chi connectivity index (χ3n) is 4.45. The molecule has 0 saturated heterocycles. The molecule has 122 valence electrons. The van der Waals surface area contributed by atoms with Crippen molar-refractivity contribution in [1.29, 1.82) is 5.26 Å². The normalized spacial score (nSPS) is 19.8. The molecule has 2 N–H and O–H groups in total. The van der Waals surface area contributed by atoms with Crippen LogP contribution < -0.4 is 10.9 Å². The van der Waals surface area contributed by atoms with Crippen molar-refractivity contribution in [2.45, 2.75) is 18.9 Å². The maximum absolute atomic E-state index is 12.4. The number of fused-ring (bicyclic) bond motifs is 1. The molecule has 0 radical (unpaired) electrons. The van der Waals surface area contributed by atoms with Gasteiger partial charge in [-0.1, -0.05) is 24.3 Å². The quantitative estimate of drug-likeness (QED) is 0.841. The van der Waals surface area contributed by atoms with E-state index in [1.807, 2.05) is 30.3 Å². The summed E-state index contributed by atoms with van der Waals surface area (Å²) >= 11 is 0. The molecule has 2 aromatic rings. The topological polar surface area (TPSA) is 95.1 Å². The van der Waals surface area contributed by atoms with Crippen molar-refractivity contribution < 1.29 is 9.90 Å². The van der Waals surface area contributed by atoms with Gasteiger partial charge in [-0.05, 0) is 24.8 Å². The van der Waals surface area contributed by atoms with E-state index >= 15 is 0 Å². The molecule has 0 bridgehead atoms. The number of carboxylic acid groups (broad SMARTS) is 1. The molecular formula is C18H17N3O3. The van der Waals surface area contributed by atoms with Gasteiger partial charge in [-0.15, -0.1) is 0 Å². The first kappa shape index (κ1) is 15.8. The first-order chi connectivity index (χ1) is 11.5. The molecule has 0 amide bonds. The highest BCUT2D eigenvalue weighted by atomic mass is 16.4. The number of aryl methyl sites for hydroxylation is 1. The van der Waals surface area contributed by atoms with Crippen molar-refractivity contribution in [2.24, 2.45) is 13.0 Å². The SMILES string of the molecule is Cn1c(=O)c(C#N)c(NC2CC(/C=C/C(=O)O)C2)c2ccccc21. The summed E-state index contributed by atoms with van der Waals surface area (Å²) in [7, 11) is 1.66. The lowest BCUT2D eigenvalue weighted by Crippen LogP contribution is -2.36. The van der Waals surface area contributed by atoms with Crippen LogP contribution >= 0.6 is 0 Å². The first-order valence-corrected chi connectivity index (χ1v) is 7.70. The average Bonchev–Trinajstić information content (AvgIpc) is 2.53. The Kier molecular flexibility index (Phi) is 4.09. The van der Waals surface area contributed by atoms with E-state index in [-0.39, 0.29) is 23.1 Å². The summed E-state index contributed by atoms with van der Waals surface area (Å²) in [6.45, 7) is 0. The Morgan fingerprint density at radius 3 is 2.79 bits per heavy atom. The van der Waals surface area contributed by atoms with E-state index in [4.69, 9.17) is 5.11 Å². The fraction of sp³-hybridized carbons (Fsp3) is 0.278. The molecule has 1 aliphatic carbocycles. The molecule has 1 fully saturated rings. The van der Waals surface area contributed by atoms with Crippen molar-refractivity contribution in [3.8, 4) is 6.07 Å². The number of aromatic nitrogens is 1. The zero-order chi connectivity index (χ0) is 17.3. The van der Waals surface area contributed by atoms with Crippen molar-refractivity contribution in [2.75, 3.05) is 5.32 Å². The predicted octanol–water partition coefficient (Wildman–Crippen LogP) is 2.24. The van der Waals surface area contributed by atoms with Crippen LogP contribution in [0.2, 0.25) is 0 Å². The second-order valence-electron chi connectivity index (χ2n) is 6.01. The van der Waals surface area contributed by atoms with Crippen LogP contribution in [0, 0.1) is 17.2 Å². The Morgan fingerprint density at radius 2 is 2.12 bits per heavy atom. The van der Waals surface area contributed by atoms with Gasteiger partial charge >= 0.3 is 5.97 Å². The number of rotatable bonds is 4.